The van der Waals surface area contributed by atoms with Crippen molar-refractivity contribution in [2.75, 3.05) is 20.8 Å². The fraction of sp³-hybridized carbons (Fsp3) is 0.556. The first-order chi connectivity index (χ1) is 6.69. The van der Waals surface area contributed by atoms with Crippen LogP contribution in [0.15, 0.2) is 0 Å². The van der Waals surface area contributed by atoms with E-state index >= 15 is 0 Å². The van der Waals surface area contributed by atoms with Gasteiger partial charge in [0.2, 0.25) is 0 Å². The molecule has 78 valence electrons. The number of methoxy groups -OCH3 is 2. The van der Waals surface area contributed by atoms with E-state index in [1.54, 1.807) is 14.0 Å². The molecular formula is C9H13NO3S. The molecule has 1 aromatic heterocycles. The number of nitrogens with zero attached hydrogens (tertiary/aromatic N) is 1. The molecule has 4 nitrogen and oxygen atoms in total. The highest BCUT2D eigenvalue weighted by Gasteiger charge is 2.14. The SMILES string of the molecule is COCCc1nc(C)c(C(=O)OC)s1. The molecule has 0 saturated carbocycles. The van der Waals surface area contributed by atoms with Crippen molar-refractivity contribution in [1.82, 2.24) is 4.98 Å². The molecule has 0 N–H and O–H groups in total. The van der Waals surface area contributed by atoms with E-state index in [-0.39, 0.29) is 5.97 Å². The quantitative estimate of drug-likeness (QED) is 0.713. The molecule has 0 aliphatic carbocycles. The highest BCUT2D eigenvalue weighted by Crippen LogP contribution is 2.19. The van der Waals surface area contributed by atoms with Gasteiger partial charge in [0.05, 0.1) is 24.4 Å². The third-order valence-corrected chi connectivity index (χ3v) is 2.93. The number of thiazole rings is 1. The molecule has 5 heteroatoms. The van der Waals surface area contributed by atoms with Crippen LogP contribution in [-0.2, 0) is 15.9 Å². The Hall–Kier alpha value is -0.940. The summed E-state index contributed by atoms with van der Waals surface area (Å²) in [6.45, 7) is 2.42. The van der Waals surface area contributed by atoms with Gasteiger partial charge in [-0.3, -0.25) is 0 Å². The van der Waals surface area contributed by atoms with Crippen molar-refractivity contribution in [3.05, 3.63) is 15.6 Å². The second kappa shape index (κ2) is 5.07. The van der Waals surface area contributed by atoms with Gasteiger partial charge in [-0.25, -0.2) is 9.78 Å². The Morgan fingerprint density at radius 3 is 2.79 bits per heavy atom. The summed E-state index contributed by atoms with van der Waals surface area (Å²) in [6.07, 6.45) is 0.735. The number of hydrogen-bond donors (Lipinski definition) is 0. The highest BCUT2D eigenvalue weighted by molar-refractivity contribution is 7.13. The van der Waals surface area contributed by atoms with Crippen molar-refractivity contribution in [3.8, 4) is 0 Å². The van der Waals surface area contributed by atoms with Gasteiger partial charge in [0.25, 0.3) is 0 Å². The predicted octanol–water partition coefficient (Wildman–Crippen LogP) is 1.43. The fourth-order valence-electron chi connectivity index (χ4n) is 1.03. The molecule has 0 aromatic carbocycles. The molecule has 0 aliphatic heterocycles. The average Bonchev–Trinajstić information content (AvgIpc) is 2.55. The largest absolute Gasteiger partial charge is 0.465 e. The summed E-state index contributed by atoms with van der Waals surface area (Å²) >= 11 is 1.37. The Balaban J connectivity index is 2.77. The zero-order chi connectivity index (χ0) is 10.6. The van der Waals surface area contributed by atoms with Gasteiger partial charge in [-0.2, -0.15) is 0 Å². The Labute approximate surface area is 86.9 Å². The van der Waals surface area contributed by atoms with Gasteiger partial charge < -0.3 is 9.47 Å². The van der Waals surface area contributed by atoms with Gasteiger partial charge in [-0.1, -0.05) is 0 Å². The third-order valence-electron chi connectivity index (χ3n) is 1.73. The summed E-state index contributed by atoms with van der Waals surface area (Å²) in [5, 5.41) is 0.907. The van der Waals surface area contributed by atoms with Crippen LogP contribution in [0.1, 0.15) is 20.4 Å². The highest BCUT2D eigenvalue weighted by atomic mass is 32.1. The zero-order valence-electron chi connectivity index (χ0n) is 8.49. The molecule has 0 fully saturated rings. The smallest absolute Gasteiger partial charge is 0.349 e. The first-order valence-corrected chi connectivity index (χ1v) is 5.04. The van der Waals surface area contributed by atoms with E-state index in [0.29, 0.717) is 11.5 Å². The molecule has 0 saturated heterocycles. The maximum absolute atomic E-state index is 11.2. The second-order valence-electron chi connectivity index (χ2n) is 2.76. The number of esters is 1. The monoisotopic (exact) mass is 215 g/mol. The van der Waals surface area contributed by atoms with Crippen LogP contribution in [0.4, 0.5) is 0 Å². The van der Waals surface area contributed by atoms with E-state index < -0.39 is 0 Å². The maximum atomic E-state index is 11.2. The number of ether oxygens (including phenoxy) is 2. The predicted molar refractivity (Wildman–Crippen MR) is 53.8 cm³/mol. The van der Waals surface area contributed by atoms with Crippen molar-refractivity contribution in [2.45, 2.75) is 13.3 Å². The van der Waals surface area contributed by atoms with Crippen LogP contribution in [0.2, 0.25) is 0 Å². The summed E-state index contributed by atoms with van der Waals surface area (Å²) < 4.78 is 9.57. The van der Waals surface area contributed by atoms with E-state index in [2.05, 4.69) is 9.72 Å². The normalized spacial score (nSPS) is 10.2. The van der Waals surface area contributed by atoms with E-state index in [1.165, 1.54) is 18.4 Å². The molecule has 0 aliphatic rings. The van der Waals surface area contributed by atoms with Gasteiger partial charge in [0.1, 0.15) is 4.88 Å². The Morgan fingerprint density at radius 1 is 1.50 bits per heavy atom. The molecule has 1 aromatic rings. The molecule has 14 heavy (non-hydrogen) atoms. The Kier molecular flexibility index (Phi) is 4.03. The van der Waals surface area contributed by atoms with E-state index in [1.807, 2.05) is 0 Å². The van der Waals surface area contributed by atoms with E-state index in [0.717, 1.165) is 17.1 Å². The standard InChI is InChI=1S/C9H13NO3S/c1-6-8(9(11)13-3)14-7(10-6)4-5-12-2/h4-5H2,1-3H3. The van der Waals surface area contributed by atoms with Crippen LogP contribution in [-0.4, -0.2) is 31.8 Å². The van der Waals surface area contributed by atoms with Crippen molar-refractivity contribution >= 4 is 17.3 Å². The van der Waals surface area contributed by atoms with E-state index in [4.69, 9.17) is 4.74 Å². The second-order valence-corrected chi connectivity index (χ2v) is 3.84. The van der Waals surface area contributed by atoms with Crippen LogP contribution in [0.3, 0.4) is 0 Å². The summed E-state index contributed by atoms with van der Waals surface area (Å²) in [7, 11) is 3.01. The minimum atomic E-state index is -0.316. The summed E-state index contributed by atoms with van der Waals surface area (Å²) in [6, 6.07) is 0. The zero-order valence-corrected chi connectivity index (χ0v) is 9.31. The lowest BCUT2D eigenvalue weighted by Gasteiger charge is -1.93. The number of aryl methyl sites for hydroxylation is 1. The summed E-state index contributed by atoms with van der Waals surface area (Å²) in [4.78, 5) is 16.1. The molecule has 0 radical (unpaired) electrons. The van der Waals surface area contributed by atoms with Crippen LogP contribution in [0.25, 0.3) is 0 Å². The number of carbonyl (C=O) groups is 1. The number of aromatic nitrogens is 1. The number of carbonyl (C=O) groups excluding carboxylic acids is 1. The fourth-order valence-corrected chi connectivity index (χ4v) is 1.99. The number of hydrogen-bond acceptors (Lipinski definition) is 5. The summed E-state index contributed by atoms with van der Waals surface area (Å²) in [5.74, 6) is -0.316. The molecule has 0 amide bonds. The molecule has 1 rings (SSSR count). The lowest BCUT2D eigenvalue weighted by Crippen LogP contribution is -1.99. The molecule has 0 atom stereocenters. The van der Waals surface area contributed by atoms with Gasteiger partial charge >= 0.3 is 5.97 Å². The van der Waals surface area contributed by atoms with Gasteiger partial charge in [0.15, 0.2) is 0 Å². The first-order valence-electron chi connectivity index (χ1n) is 4.22. The van der Waals surface area contributed by atoms with Crippen LogP contribution < -0.4 is 0 Å². The molecule has 0 spiro atoms. The average molecular weight is 215 g/mol. The minimum absolute atomic E-state index is 0.316. The Bertz CT molecular complexity index is 322. The van der Waals surface area contributed by atoms with Crippen LogP contribution in [0, 0.1) is 6.92 Å². The van der Waals surface area contributed by atoms with Crippen molar-refractivity contribution in [1.29, 1.82) is 0 Å². The lowest BCUT2D eigenvalue weighted by molar-refractivity contribution is 0.0605. The molecule has 1 heterocycles. The van der Waals surface area contributed by atoms with Crippen LogP contribution in [0.5, 0.6) is 0 Å². The van der Waals surface area contributed by atoms with Crippen LogP contribution >= 0.6 is 11.3 Å². The minimum Gasteiger partial charge on any atom is -0.465 e. The molecular weight excluding hydrogens is 202 g/mol. The van der Waals surface area contributed by atoms with Crippen molar-refractivity contribution < 1.29 is 14.3 Å². The molecule has 0 unspecified atom stereocenters. The van der Waals surface area contributed by atoms with Crippen molar-refractivity contribution in [3.63, 3.8) is 0 Å². The number of rotatable bonds is 4. The lowest BCUT2D eigenvalue weighted by atomic mass is 10.4. The van der Waals surface area contributed by atoms with E-state index in [9.17, 15) is 4.79 Å². The molecule has 0 bridgehead atoms. The maximum Gasteiger partial charge on any atom is 0.349 e. The van der Waals surface area contributed by atoms with Gasteiger partial charge in [-0.15, -0.1) is 11.3 Å². The Morgan fingerprint density at radius 2 is 2.21 bits per heavy atom. The van der Waals surface area contributed by atoms with Gasteiger partial charge in [0, 0.05) is 13.5 Å². The van der Waals surface area contributed by atoms with Crippen molar-refractivity contribution in [2.24, 2.45) is 0 Å². The third kappa shape index (κ3) is 2.52. The van der Waals surface area contributed by atoms with Gasteiger partial charge in [-0.05, 0) is 6.92 Å². The first kappa shape index (κ1) is 11.1. The summed E-state index contributed by atoms with van der Waals surface area (Å²) in [5.41, 5.74) is 0.730. The topological polar surface area (TPSA) is 48.4 Å².